The Kier molecular flexibility index (Phi) is 5.34. The van der Waals surface area contributed by atoms with E-state index in [2.05, 4.69) is 11.4 Å². The van der Waals surface area contributed by atoms with Crippen LogP contribution in [0.2, 0.25) is 5.02 Å². The van der Waals surface area contributed by atoms with Crippen LogP contribution >= 0.6 is 22.9 Å². The Bertz CT molecular complexity index is 795. The highest BCUT2D eigenvalue weighted by Gasteiger charge is 2.18. The van der Waals surface area contributed by atoms with Gasteiger partial charge in [-0.15, -0.1) is 11.3 Å². The fourth-order valence-corrected chi connectivity index (χ4v) is 3.41. The number of halogens is 1. The second-order valence-electron chi connectivity index (χ2n) is 5.71. The van der Waals surface area contributed by atoms with Crippen molar-refractivity contribution in [2.45, 2.75) is 19.4 Å². The molecule has 0 saturated carbocycles. The highest BCUT2D eigenvalue weighted by Crippen LogP contribution is 2.28. The summed E-state index contributed by atoms with van der Waals surface area (Å²) in [6.45, 7) is 2.02. The van der Waals surface area contributed by atoms with Crippen LogP contribution < -0.4 is 5.32 Å². The highest BCUT2D eigenvalue weighted by atomic mass is 35.5. The standard InChI is InChI=1S/C20H18ClNOS/c1-14-4-6-15(7-5-14)19(23)13-18(20-3-2-12-24-20)22-17-10-8-16(21)9-11-17/h2-12,18,22H,13H2,1H3. The molecule has 1 heterocycles. The third-order valence-corrected chi connectivity index (χ3v) is 5.07. The SMILES string of the molecule is Cc1ccc(C(=O)CC(Nc2ccc(Cl)cc2)c2cccs2)cc1. The molecule has 1 N–H and O–H groups in total. The summed E-state index contributed by atoms with van der Waals surface area (Å²) in [6.07, 6.45) is 0.409. The van der Waals surface area contributed by atoms with Crippen LogP contribution in [0.4, 0.5) is 5.69 Å². The summed E-state index contributed by atoms with van der Waals surface area (Å²) in [4.78, 5) is 13.8. The number of benzene rings is 2. The monoisotopic (exact) mass is 355 g/mol. The Hall–Kier alpha value is -2.10. The third-order valence-electron chi connectivity index (χ3n) is 3.83. The van der Waals surface area contributed by atoms with Crippen molar-refractivity contribution in [1.82, 2.24) is 0 Å². The number of aryl methyl sites for hydroxylation is 1. The minimum atomic E-state index is -0.0556. The highest BCUT2D eigenvalue weighted by molar-refractivity contribution is 7.10. The maximum Gasteiger partial charge on any atom is 0.165 e. The number of anilines is 1. The van der Waals surface area contributed by atoms with Crippen molar-refractivity contribution in [3.05, 3.63) is 87.1 Å². The molecule has 1 unspecified atom stereocenters. The molecule has 2 nitrogen and oxygen atoms in total. The minimum absolute atomic E-state index is 0.0556. The zero-order valence-corrected chi connectivity index (χ0v) is 14.9. The van der Waals surface area contributed by atoms with Crippen molar-refractivity contribution in [1.29, 1.82) is 0 Å². The molecule has 2 aromatic carbocycles. The number of carbonyl (C=O) groups excluding carboxylic acids is 1. The fourth-order valence-electron chi connectivity index (χ4n) is 2.50. The van der Waals surface area contributed by atoms with Crippen LogP contribution in [0.1, 0.15) is 33.3 Å². The lowest BCUT2D eigenvalue weighted by molar-refractivity contribution is 0.0977. The van der Waals surface area contributed by atoms with E-state index >= 15 is 0 Å². The molecule has 0 spiro atoms. The molecule has 0 radical (unpaired) electrons. The molecule has 3 rings (SSSR count). The average Bonchev–Trinajstić information content (AvgIpc) is 3.11. The van der Waals surface area contributed by atoms with E-state index in [0.717, 1.165) is 21.7 Å². The number of Topliss-reactive ketones (excluding diaryl/α,β-unsaturated/α-hetero) is 1. The molecule has 1 atom stereocenters. The van der Waals surface area contributed by atoms with Crippen molar-refractivity contribution in [2.75, 3.05) is 5.32 Å². The first-order valence-corrected chi connectivity index (χ1v) is 9.03. The number of ketones is 1. The Morgan fingerprint density at radius 1 is 1.08 bits per heavy atom. The lowest BCUT2D eigenvalue weighted by Crippen LogP contribution is -2.14. The number of hydrogen-bond donors (Lipinski definition) is 1. The van der Waals surface area contributed by atoms with Crippen molar-refractivity contribution in [2.24, 2.45) is 0 Å². The molecule has 1 aromatic heterocycles. The predicted octanol–water partition coefficient (Wildman–Crippen LogP) is 6.14. The molecule has 0 aliphatic heterocycles. The number of rotatable bonds is 6. The van der Waals surface area contributed by atoms with Gasteiger partial charge >= 0.3 is 0 Å². The van der Waals surface area contributed by atoms with E-state index in [1.165, 1.54) is 0 Å². The summed E-state index contributed by atoms with van der Waals surface area (Å²) in [5.41, 5.74) is 2.86. The second-order valence-corrected chi connectivity index (χ2v) is 7.13. The molecular weight excluding hydrogens is 338 g/mol. The number of hydrogen-bond acceptors (Lipinski definition) is 3. The molecule has 4 heteroatoms. The predicted molar refractivity (Wildman–Crippen MR) is 102 cm³/mol. The van der Waals surface area contributed by atoms with Gasteiger partial charge in [-0.2, -0.15) is 0 Å². The Morgan fingerprint density at radius 2 is 1.79 bits per heavy atom. The van der Waals surface area contributed by atoms with E-state index in [0.29, 0.717) is 11.4 Å². The molecule has 0 bridgehead atoms. The minimum Gasteiger partial charge on any atom is -0.377 e. The molecule has 3 aromatic rings. The molecular formula is C20H18ClNOS. The Labute approximate surface area is 151 Å². The second kappa shape index (κ2) is 7.65. The topological polar surface area (TPSA) is 29.1 Å². The van der Waals surface area contributed by atoms with Gasteiger partial charge in [-0.25, -0.2) is 0 Å². The first-order chi connectivity index (χ1) is 11.6. The van der Waals surface area contributed by atoms with Gasteiger partial charge in [0.25, 0.3) is 0 Å². The van der Waals surface area contributed by atoms with E-state index in [4.69, 9.17) is 11.6 Å². The first-order valence-electron chi connectivity index (χ1n) is 7.77. The van der Waals surface area contributed by atoms with Crippen molar-refractivity contribution < 1.29 is 4.79 Å². The van der Waals surface area contributed by atoms with Crippen LogP contribution in [0.3, 0.4) is 0 Å². The molecule has 24 heavy (non-hydrogen) atoms. The van der Waals surface area contributed by atoms with Crippen LogP contribution in [0, 0.1) is 6.92 Å². The molecule has 122 valence electrons. The zero-order chi connectivity index (χ0) is 16.9. The first kappa shape index (κ1) is 16.7. The maximum atomic E-state index is 12.6. The van der Waals surface area contributed by atoms with Gasteiger partial charge in [0.05, 0.1) is 6.04 Å². The van der Waals surface area contributed by atoms with Crippen LogP contribution in [0.25, 0.3) is 0 Å². The van der Waals surface area contributed by atoms with E-state index < -0.39 is 0 Å². The lowest BCUT2D eigenvalue weighted by atomic mass is 10.0. The number of thiophene rings is 1. The third kappa shape index (κ3) is 4.25. The van der Waals surface area contributed by atoms with Crippen LogP contribution in [0.15, 0.2) is 66.0 Å². The van der Waals surface area contributed by atoms with Gasteiger partial charge in [0.2, 0.25) is 0 Å². The normalized spacial score (nSPS) is 11.9. The van der Waals surface area contributed by atoms with Crippen molar-refractivity contribution >= 4 is 34.4 Å². The number of nitrogens with one attached hydrogen (secondary N) is 1. The van der Waals surface area contributed by atoms with E-state index in [1.54, 1.807) is 11.3 Å². The summed E-state index contributed by atoms with van der Waals surface area (Å²) < 4.78 is 0. The summed E-state index contributed by atoms with van der Waals surface area (Å²) in [7, 11) is 0. The van der Waals surface area contributed by atoms with Gasteiger partial charge < -0.3 is 5.32 Å². The molecule has 0 saturated heterocycles. The Balaban J connectivity index is 1.79. The van der Waals surface area contributed by atoms with Gasteiger partial charge in [0.1, 0.15) is 0 Å². The lowest BCUT2D eigenvalue weighted by Gasteiger charge is -2.18. The quantitative estimate of drug-likeness (QED) is 0.538. The van der Waals surface area contributed by atoms with Crippen LogP contribution in [0.5, 0.6) is 0 Å². The van der Waals surface area contributed by atoms with Gasteiger partial charge in [0.15, 0.2) is 5.78 Å². The smallest absolute Gasteiger partial charge is 0.165 e. The van der Waals surface area contributed by atoms with E-state index in [9.17, 15) is 4.79 Å². The molecule has 0 amide bonds. The summed E-state index contributed by atoms with van der Waals surface area (Å²) >= 11 is 7.60. The number of carbonyl (C=O) groups is 1. The maximum absolute atomic E-state index is 12.6. The molecule has 0 fully saturated rings. The van der Waals surface area contributed by atoms with Gasteiger partial charge in [0, 0.05) is 27.6 Å². The van der Waals surface area contributed by atoms with Crippen molar-refractivity contribution in [3.8, 4) is 0 Å². The summed E-state index contributed by atoms with van der Waals surface area (Å²) in [6, 6.07) is 19.3. The van der Waals surface area contributed by atoms with Gasteiger partial charge in [-0.05, 0) is 42.6 Å². The van der Waals surface area contributed by atoms with Gasteiger partial charge in [-0.3, -0.25) is 4.79 Å². The van der Waals surface area contributed by atoms with Crippen molar-refractivity contribution in [3.63, 3.8) is 0 Å². The average molecular weight is 356 g/mol. The zero-order valence-electron chi connectivity index (χ0n) is 13.3. The van der Waals surface area contributed by atoms with Gasteiger partial charge in [-0.1, -0.05) is 47.5 Å². The molecule has 0 aliphatic rings. The Morgan fingerprint density at radius 3 is 2.42 bits per heavy atom. The summed E-state index contributed by atoms with van der Waals surface area (Å²) in [5.74, 6) is 0.134. The van der Waals surface area contributed by atoms with E-state index in [1.807, 2.05) is 66.9 Å². The van der Waals surface area contributed by atoms with Crippen LogP contribution in [-0.4, -0.2) is 5.78 Å². The van der Waals surface area contributed by atoms with E-state index in [-0.39, 0.29) is 11.8 Å². The fraction of sp³-hybridized carbons (Fsp3) is 0.150. The van der Waals surface area contributed by atoms with Crippen LogP contribution in [-0.2, 0) is 0 Å². The largest absolute Gasteiger partial charge is 0.377 e. The molecule has 0 aliphatic carbocycles. The summed E-state index contributed by atoms with van der Waals surface area (Å²) in [5, 5.41) is 6.18.